The van der Waals surface area contributed by atoms with Gasteiger partial charge in [0.25, 0.3) is 5.69 Å². The first-order valence-corrected chi connectivity index (χ1v) is 8.98. The molecular formula is C20H16Cl2N2O3. The Morgan fingerprint density at radius 1 is 1.11 bits per heavy atom. The van der Waals surface area contributed by atoms with Crippen molar-refractivity contribution in [3.63, 3.8) is 0 Å². The van der Waals surface area contributed by atoms with E-state index < -0.39 is 4.92 Å². The highest BCUT2D eigenvalue weighted by molar-refractivity contribution is 6.35. The SMILES string of the molecule is O=[N+]([O-])c1ccc(CC(c2ccc(Cl)cc2Cl)c2ncccc2CO)cc1. The Hall–Kier alpha value is -2.47. The van der Waals surface area contributed by atoms with Crippen LogP contribution in [0.4, 0.5) is 5.69 Å². The fraction of sp³-hybridized carbons (Fsp3) is 0.150. The molecule has 138 valence electrons. The maximum atomic E-state index is 10.9. The van der Waals surface area contributed by atoms with Gasteiger partial charge in [-0.05, 0) is 41.3 Å². The van der Waals surface area contributed by atoms with E-state index in [2.05, 4.69) is 4.98 Å². The van der Waals surface area contributed by atoms with Gasteiger partial charge in [0.05, 0.1) is 17.2 Å². The number of non-ortho nitro benzene ring substituents is 1. The average Bonchev–Trinajstić information content (AvgIpc) is 2.67. The van der Waals surface area contributed by atoms with Crippen LogP contribution in [0.15, 0.2) is 60.8 Å². The molecule has 1 atom stereocenters. The number of hydrogen-bond donors (Lipinski definition) is 1. The second kappa shape index (κ2) is 8.48. The minimum Gasteiger partial charge on any atom is -0.392 e. The highest BCUT2D eigenvalue weighted by Gasteiger charge is 2.22. The van der Waals surface area contributed by atoms with E-state index in [1.807, 2.05) is 12.1 Å². The molecule has 0 radical (unpaired) electrons. The summed E-state index contributed by atoms with van der Waals surface area (Å²) in [4.78, 5) is 14.9. The Labute approximate surface area is 166 Å². The smallest absolute Gasteiger partial charge is 0.269 e. The number of aliphatic hydroxyl groups is 1. The topological polar surface area (TPSA) is 76.3 Å². The molecule has 0 aliphatic rings. The van der Waals surface area contributed by atoms with E-state index in [4.69, 9.17) is 23.2 Å². The standard InChI is InChI=1S/C20H16Cl2N2O3/c21-15-5-8-17(19(22)11-15)18(20-14(12-25)2-1-9-23-20)10-13-3-6-16(7-4-13)24(26)27/h1-9,11,18,25H,10,12H2. The minimum absolute atomic E-state index is 0.0358. The number of nitro benzene ring substituents is 1. The Balaban J connectivity index is 2.05. The van der Waals surface area contributed by atoms with E-state index in [1.165, 1.54) is 12.1 Å². The molecule has 0 spiro atoms. The molecule has 2 aromatic carbocycles. The van der Waals surface area contributed by atoms with Crippen LogP contribution in [0.2, 0.25) is 10.0 Å². The zero-order valence-electron chi connectivity index (χ0n) is 14.2. The maximum Gasteiger partial charge on any atom is 0.269 e. The van der Waals surface area contributed by atoms with Crippen molar-refractivity contribution in [3.8, 4) is 0 Å². The van der Waals surface area contributed by atoms with Crippen molar-refractivity contribution in [1.82, 2.24) is 4.98 Å². The van der Waals surface area contributed by atoms with Crippen LogP contribution in [0.3, 0.4) is 0 Å². The lowest BCUT2D eigenvalue weighted by molar-refractivity contribution is -0.384. The maximum absolute atomic E-state index is 10.9. The number of benzene rings is 2. The highest BCUT2D eigenvalue weighted by Crippen LogP contribution is 2.35. The second-order valence-electron chi connectivity index (χ2n) is 6.05. The van der Waals surface area contributed by atoms with E-state index in [9.17, 15) is 15.2 Å². The highest BCUT2D eigenvalue weighted by atomic mass is 35.5. The molecule has 7 heteroatoms. The van der Waals surface area contributed by atoms with E-state index in [0.717, 1.165) is 11.1 Å². The molecule has 0 aliphatic heterocycles. The minimum atomic E-state index is -0.431. The fourth-order valence-electron chi connectivity index (χ4n) is 3.03. The molecule has 1 aromatic heterocycles. The Morgan fingerprint density at radius 2 is 1.85 bits per heavy atom. The van der Waals surface area contributed by atoms with Gasteiger partial charge in [0.1, 0.15) is 0 Å². The lowest BCUT2D eigenvalue weighted by Gasteiger charge is -2.21. The van der Waals surface area contributed by atoms with E-state index >= 15 is 0 Å². The normalized spacial score (nSPS) is 12.0. The van der Waals surface area contributed by atoms with Gasteiger partial charge in [-0.25, -0.2) is 0 Å². The molecule has 0 aliphatic carbocycles. The van der Waals surface area contributed by atoms with Crippen molar-refractivity contribution in [2.24, 2.45) is 0 Å². The van der Waals surface area contributed by atoms with Gasteiger partial charge in [0.2, 0.25) is 0 Å². The summed E-state index contributed by atoms with van der Waals surface area (Å²) < 4.78 is 0. The van der Waals surface area contributed by atoms with Crippen LogP contribution in [0.25, 0.3) is 0 Å². The molecule has 0 saturated carbocycles. The van der Waals surface area contributed by atoms with Crippen molar-refractivity contribution in [3.05, 3.63) is 103 Å². The molecule has 27 heavy (non-hydrogen) atoms. The summed E-state index contributed by atoms with van der Waals surface area (Å²) >= 11 is 12.5. The van der Waals surface area contributed by atoms with Gasteiger partial charge >= 0.3 is 0 Å². The number of halogens is 2. The Morgan fingerprint density at radius 3 is 2.48 bits per heavy atom. The van der Waals surface area contributed by atoms with E-state index in [0.29, 0.717) is 27.7 Å². The van der Waals surface area contributed by atoms with Gasteiger partial charge < -0.3 is 5.11 Å². The molecule has 0 fully saturated rings. The summed E-state index contributed by atoms with van der Waals surface area (Å²) in [5.74, 6) is -0.237. The van der Waals surface area contributed by atoms with Crippen molar-refractivity contribution in [2.45, 2.75) is 18.9 Å². The second-order valence-corrected chi connectivity index (χ2v) is 6.90. The quantitative estimate of drug-likeness (QED) is 0.456. The number of rotatable bonds is 6. The van der Waals surface area contributed by atoms with Crippen LogP contribution in [0.1, 0.15) is 28.3 Å². The van der Waals surface area contributed by atoms with Crippen LogP contribution < -0.4 is 0 Å². The average molecular weight is 403 g/mol. The summed E-state index contributed by atoms with van der Waals surface area (Å²) in [6.45, 7) is -0.148. The van der Waals surface area contributed by atoms with Crippen molar-refractivity contribution in [1.29, 1.82) is 0 Å². The lowest BCUT2D eigenvalue weighted by atomic mass is 9.87. The van der Waals surface area contributed by atoms with Gasteiger partial charge in [-0.15, -0.1) is 0 Å². The van der Waals surface area contributed by atoms with Crippen molar-refractivity contribution < 1.29 is 10.0 Å². The number of nitro groups is 1. The summed E-state index contributed by atoms with van der Waals surface area (Å²) in [6.07, 6.45) is 2.19. The first-order chi connectivity index (χ1) is 13.0. The first-order valence-electron chi connectivity index (χ1n) is 8.22. The number of nitrogens with zero attached hydrogens (tertiary/aromatic N) is 2. The molecular weight excluding hydrogens is 387 g/mol. The Kier molecular flexibility index (Phi) is 6.06. The largest absolute Gasteiger partial charge is 0.392 e. The third-order valence-corrected chi connectivity index (χ3v) is 4.91. The third-order valence-electron chi connectivity index (χ3n) is 4.35. The molecule has 0 amide bonds. The predicted octanol–water partition coefficient (Wildman–Crippen LogP) is 5.16. The number of hydrogen-bond acceptors (Lipinski definition) is 4. The van der Waals surface area contributed by atoms with E-state index in [-0.39, 0.29) is 18.2 Å². The summed E-state index contributed by atoms with van der Waals surface area (Å²) in [5.41, 5.74) is 3.17. The van der Waals surface area contributed by atoms with Crippen LogP contribution in [0, 0.1) is 10.1 Å². The monoisotopic (exact) mass is 402 g/mol. The first kappa shape index (κ1) is 19.3. The van der Waals surface area contributed by atoms with Crippen LogP contribution in [0.5, 0.6) is 0 Å². The van der Waals surface area contributed by atoms with Crippen LogP contribution >= 0.6 is 23.2 Å². The lowest BCUT2D eigenvalue weighted by Crippen LogP contribution is -2.11. The van der Waals surface area contributed by atoms with Gasteiger partial charge in [-0.3, -0.25) is 15.1 Å². The van der Waals surface area contributed by atoms with Gasteiger partial charge in [-0.2, -0.15) is 0 Å². The van der Waals surface area contributed by atoms with Crippen LogP contribution in [-0.4, -0.2) is 15.0 Å². The van der Waals surface area contributed by atoms with Crippen molar-refractivity contribution in [2.75, 3.05) is 0 Å². The molecule has 1 N–H and O–H groups in total. The molecule has 1 heterocycles. The molecule has 3 aromatic rings. The fourth-order valence-corrected chi connectivity index (χ4v) is 3.57. The van der Waals surface area contributed by atoms with Crippen molar-refractivity contribution >= 4 is 28.9 Å². The van der Waals surface area contributed by atoms with Gasteiger partial charge in [0, 0.05) is 34.3 Å². The molecule has 5 nitrogen and oxygen atoms in total. The number of aromatic nitrogens is 1. The zero-order valence-corrected chi connectivity index (χ0v) is 15.7. The number of aliphatic hydroxyl groups excluding tert-OH is 1. The summed E-state index contributed by atoms with van der Waals surface area (Å²) in [6, 6.07) is 15.2. The molecule has 3 rings (SSSR count). The zero-order chi connectivity index (χ0) is 19.4. The number of pyridine rings is 1. The summed E-state index contributed by atoms with van der Waals surface area (Å²) in [7, 11) is 0. The van der Waals surface area contributed by atoms with Crippen LogP contribution in [-0.2, 0) is 13.0 Å². The van der Waals surface area contributed by atoms with Gasteiger partial charge in [0.15, 0.2) is 0 Å². The predicted molar refractivity (Wildman–Crippen MR) is 105 cm³/mol. The molecule has 1 unspecified atom stereocenters. The summed E-state index contributed by atoms with van der Waals surface area (Å²) in [5, 5.41) is 21.6. The Bertz CT molecular complexity index is 962. The molecule has 0 saturated heterocycles. The van der Waals surface area contributed by atoms with Gasteiger partial charge in [-0.1, -0.05) is 47.5 Å². The molecule has 0 bridgehead atoms. The van der Waals surface area contributed by atoms with E-state index in [1.54, 1.807) is 36.5 Å². The third kappa shape index (κ3) is 4.45.